The highest BCUT2D eigenvalue weighted by molar-refractivity contribution is 5.69. The van der Waals surface area contributed by atoms with Crippen molar-refractivity contribution in [3.63, 3.8) is 0 Å². The number of carbonyl (C=O) groups excluding carboxylic acids is 4. The van der Waals surface area contributed by atoms with Gasteiger partial charge >= 0.3 is 5.97 Å². The van der Waals surface area contributed by atoms with Gasteiger partial charge in [0, 0.05) is 19.6 Å². The van der Waals surface area contributed by atoms with E-state index in [1.807, 2.05) is 4.90 Å². The molecule has 0 radical (unpaired) electrons. The zero-order valence-electron chi connectivity index (χ0n) is 13.0. The van der Waals surface area contributed by atoms with E-state index in [0.717, 1.165) is 0 Å². The van der Waals surface area contributed by atoms with Gasteiger partial charge in [0.25, 0.3) is 19.4 Å². The summed E-state index contributed by atoms with van der Waals surface area (Å²) in [5.41, 5.74) is 0. The minimum Gasteiger partial charge on any atom is -0.468 e. The number of nitrogens with zero attached hydrogens (tertiary/aromatic N) is 1. The van der Waals surface area contributed by atoms with E-state index in [4.69, 9.17) is 4.74 Å². The molecule has 9 nitrogen and oxygen atoms in total. The minimum atomic E-state index is -0.348. The lowest BCUT2D eigenvalue weighted by Crippen LogP contribution is -2.33. The van der Waals surface area contributed by atoms with Crippen LogP contribution in [-0.2, 0) is 38.1 Å². The van der Waals surface area contributed by atoms with Gasteiger partial charge in [-0.2, -0.15) is 0 Å². The van der Waals surface area contributed by atoms with Gasteiger partial charge in [-0.25, -0.2) is 0 Å². The van der Waals surface area contributed by atoms with Crippen LogP contribution < -0.4 is 0 Å². The van der Waals surface area contributed by atoms with Crippen molar-refractivity contribution in [2.24, 2.45) is 0 Å². The highest BCUT2D eigenvalue weighted by Gasteiger charge is 2.09. The Morgan fingerprint density at radius 3 is 1.83 bits per heavy atom. The Morgan fingerprint density at radius 2 is 1.26 bits per heavy atom. The number of rotatable bonds is 17. The van der Waals surface area contributed by atoms with Crippen LogP contribution in [0.2, 0.25) is 0 Å². The van der Waals surface area contributed by atoms with Crippen LogP contribution in [0.25, 0.3) is 0 Å². The van der Waals surface area contributed by atoms with Crippen LogP contribution in [0.15, 0.2) is 0 Å². The van der Waals surface area contributed by atoms with Crippen molar-refractivity contribution in [1.29, 1.82) is 0 Å². The van der Waals surface area contributed by atoms with E-state index in [-0.39, 0.29) is 32.2 Å². The number of esters is 1. The van der Waals surface area contributed by atoms with Gasteiger partial charge in [0.05, 0.1) is 19.6 Å². The van der Waals surface area contributed by atoms with Crippen LogP contribution in [0, 0.1) is 0 Å². The van der Waals surface area contributed by atoms with Crippen molar-refractivity contribution in [2.75, 3.05) is 46.1 Å². The van der Waals surface area contributed by atoms with Crippen molar-refractivity contribution >= 4 is 25.4 Å². The van der Waals surface area contributed by atoms with Gasteiger partial charge in [-0.05, 0) is 12.8 Å². The molecule has 0 heterocycles. The van der Waals surface area contributed by atoms with E-state index in [9.17, 15) is 19.2 Å². The largest absolute Gasteiger partial charge is 0.468 e. The zero-order valence-corrected chi connectivity index (χ0v) is 13.0. The molecule has 0 atom stereocenters. The highest BCUT2D eigenvalue weighted by Crippen LogP contribution is 1.97. The molecule has 0 amide bonds. The second kappa shape index (κ2) is 16.2. The van der Waals surface area contributed by atoms with Gasteiger partial charge in [0.15, 0.2) is 0 Å². The lowest BCUT2D eigenvalue weighted by molar-refractivity contribution is -0.145. The molecular formula is C14H23NO8. The van der Waals surface area contributed by atoms with Gasteiger partial charge < -0.3 is 18.9 Å². The first-order chi connectivity index (χ1) is 11.2. The van der Waals surface area contributed by atoms with E-state index >= 15 is 0 Å². The molecule has 0 aliphatic heterocycles. The van der Waals surface area contributed by atoms with Gasteiger partial charge in [0.1, 0.15) is 13.2 Å². The molecule has 0 aliphatic rings. The molecule has 9 heteroatoms. The van der Waals surface area contributed by atoms with Crippen LogP contribution in [0.4, 0.5) is 0 Å². The Labute approximate surface area is 134 Å². The summed E-state index contributed by atoms with van der Waals surface area (Å²) < 4.78 is 18.8. The molecule has 0 aromatic carbocycles. The minimum absolute atomic E-state index is 0.174. The van der Waals surface area contributed by atoms with Crippen LogP contribution in [0.5, 0.6) is 0 Å². The molecule has 0 unspecified atom stereocenters. The summed E-state index contributed by atoms with van der Waals surface area (Å²) in [7, 11) is 0. The Hall–Kier alpha value is -2.16. The molecule has 23 heavy (non-hydrogen) atoms. The molecule has 0 spiro atoms. The Balaban J connectivity index is 3.82. The molecule has 0 saturated carbocycles. The summed E-state index contributed by atoms with van der Waals surface area (Å²) in [6.45, 7) is 3.29. The summed E-state index contributed by atoms with van der Waals surface area (Å²) in [6, 6.07) is 0. The second-order valence-corrected chi connectivity index (χ2v) is 4.42. The van der Waals surface area contributed by atoms with E-state index in [1.165, 1.54) is 0 Å². The van der Waals surface area contributed by atoms with E-state index < -0.39 is 0 Å². The number of ether oxygens (including phenoxy) is 4. The van der Waals surface area contributed by atoms with Crippen molar-refractivity contribution in [2.45, 2.75) is 19.3 Å². The van der Waals surface area contributed by atoms with Crippen molar-refractivity contribution in [1.82, 2.24) is 4.90 Å². The molecule has 0 N–H and O–H groups in total. The fourth-order valence-electron chi connectivity index (χ4n) is 1.64. The van der Waals surface area contributed by atoms with E-state index in [0.29, 0.717) is 58.5 Å². The summed E-state index contributed by atoms with van der Waals surface area (Å²) in [5, 5.41) is 0. The van der Waals surface area contributed by atoms with Crippen LogP contribution in [0.3, 0.4) is 0 Å². The van der Waals surface area contributed by atoms with Gasteiger partial charge in [-0.1, -0.05) is 0 Å². The summed E-state index contributed by atoms with van der Waals surface area (Å²) >= 11 is 0. The average Bonchev–Trinajstić information content (AvgIpc) is 2.55. The molecule has 0 bridgehead atoms. The Morgan fingerprint density at radius 1 is 0.739 bits per heavy atom. The Bertz CT molecular complexity index is 323. The van der Waals surface area contributed by atoms with Gasteiger partial charge in [-0.15, -0.1) is 0 Å². The normalized spacial score (nSPS) is 9.96. The highest BCUT2D eigenvalue weighted by atomic mass is 16.5. The summed E-state index contributed by atoms with van der Waals surface area (Å²) in [5.74, 6) is -0.348. The van der Waals surface area contributed by atoms with Gasteiger partial charge in [-0.3, -0.25) is 24.1 Å². The fraction of sp³-hybridized carbons (Fsp3) is 0.714. The number of hydrogen-bond donors (Lipinski definition) is 0. The standard InChI is InChI=1S/C14H23NO8/c16-11-20-7-1-2-8-23-14(19)3-4-15(5-9-21-12-17)6-10-22-13-18/h11-13H,1-10H2. The molecule has 0 fully saturated rings. The van der Waals surface area contributed by atoms with Crippen LogP contribution in [0.1, 0.15) is 19.3 Å². The maximum atomic E-state index is 11.6. The first-order valence-electron chi connectivity index (χ1n) is 7.28. The molecule has 0 saturated heterocycles. The molecular weight excluding hydrogens is 310 g/mol. The summed E-state index contributed by atoms with van der Waals surface area (Å²) in [4.78, 5) is 43.5. The topological polar surface area (TPSA) is 108 Å². The zero-order chi connectivity index (χ0) is 17.2. The van der Waals surface area contributed by atoms with E-state index in [1.54, 1.807) is 0 Å². The average molecular weight is 333 g/mol. The molecule has 132 valence electrons. The Kier molecular flexibility index (Phi) is 14.7. The van der Waals surface area contributed by atoms with Crippen molar-refractivity contribution in [3.8, 4) is 0 Å². The molecule has 0 rings (SSSR count). The first-order valence-corrected chi connectivity index (χ1v) is 7.28. The lowest BCUT2D eigenvalue weighted by atomic mass is 10.3. The SMILES string of the molecule is O=COCCCCOC(=O)CCN(CCOC=O)CCOC=O. The van der Waals surface area contributed by atoms with Crippen LogP contribution >= 0.6 is 0 Å². The van der Waals surface area contributed by atoms with Gasteiger partial charge in [0.2, 0.25) is 0 Å². The number of carbonyl (C=O) groups is 4. The van der Waals surface area contributed by atoms with Crippen LogP contribution in [-0.4, -0.2) is 76.3 Å². The monoisotopic (exact) mass is 333 g/mol. The van der Waals surface area contributed by atoms with Crippen molar-refractivity contribution in [3.05, 3.63) is 0 Å². The quantitative estimate of drug-likeness (QED) is 0.151. The fourth-order valence-corrected chi connectivity index (χ4v) is 1.64. The first kappa shape index (κ1) is 20.8. The second-order valence-electron chi connectivity index (χ2n) is 4.42. The number of unbranched alkanes of at least 4 members (excludes halogenated alkanes) is 1. The smallest absolute Gasteiger partial charge is 0.307 e. The predicted octanol–water partition coefficient (Wildman–Crippen LogP) is -0.479. The lowest BCUT2D eigenvalue weighted by Gasteiger charge is -2.20. The third-order valence-electron chi connectivity index (χ3n) is 2.81. The van der Waals surface area contributed by atoms with Crippen molar-refractivity contribution < 1.29 is 38.1 Å². The third-order valence-corrected chi connectivity index (χ3v) is 2.81. The molecule has 0 aromatic heterocycles. The van der Waals surface area contributed by atoms with E-state index in [2.05, 4.69) is 14.2 Å². The maximum Gasteiger partial charge on any atom is 0.307 e. The number of hydrogen-bond acceptors (Lipinski definition) is 9. The third kappa shape index (κ3) is 14.5. The summed E-state index contributed by atoms with van der Waals surface area (Å²) in [6.07, 6.45) is 1.42. The molecule has 0 aromatic rings. The predicted molar refractivity (Wildman–Crippen MR) is 77.3 cm³/mol. The maximum absolute atomic E-state index is 11.6. The molecule has 0 aliphatic carbocycles.